The third kappa shape index (κ3) is 3.12. The van der Waals surface area contributed by atoms with E-state index >= 15 is 0 Å². The van der Waals surface area contributed by atoms with Gasteiger partial charge in [-0.25, -0.2) is 0 Å². The molecular formula is C12H19BrN2O2S. The van der Waals surface area contributed by atoms with Crippen molar-refractivity contribution in [2.75, 3.05) is 26.3 Å². The molecule has 2 rings (SSSR count). The molecule has 4 nitrogen and oxygen atoms in total. The molecule has 1 saturated heterocycles. The average molecular weight is 335 g/mol. The predicted molar refractivity (Wildman–Crippen MR) is 76.8 cm³/mol. The van der Waals surface area contributed by atoms with Crippen molar-refractivity contribution >= 4 is 27.3 Å². The number of hydrogen-bond acceptors (Lipinski definition) is 5. The van der Waals surface area contributed by atoms with Crippen LogP contribution < -0.4 is 5.73 Å². The van der Waals surface area contributed by atoms with E-state index in [-0.39, 0.29) is 18.8 Å². The highest BCUT2D eigenvalue weighted by Gasteiger charge is 2.31. The summed E-state index contributed by atoms with van der Waals surface area (Å²) in [6.07, 6.45) is -0.0985. The summed E-state index contributed by atoms with van der Waals surface area (Å²) in [5, 5.41) is 9.24. The number of nitrogens with two attached hydrogens (primary N) is 1. The van der Waals surface area contributed by atoms with E-state index in [0.29, 0.717) is 19.2 Å². The van der Waals surface area contributed by atoms with Crippen LogP contribution in [0.3, 0.4) is 0 Å². The van der Waals surface area contributed by atoms with Gasteiger partial charge < -0.3 is 15.6 Å². The second-order valence-corrected chi connectivity index (χ2v) is 7.07. The van der Waals surface area contributed by atoms with Gasteiger partial charge in [0.25, 0.3) is 0 Å². The van der Waals surface area contributed by atoms with Gasteiger partial charge in [0.05, 0.1) is 29.1 Å². The Morgan fingerprint density at radius 2 is 2.44 bits per heavy atom. The Morgan fingerprint density at radius 3 is 3.00 bits per heavy atom. The van der Waals surface area contributed by atoms with Crippen LogP contribution in [0, 0.1) is 0 Å². The first-order chi connectivity index (χ1) is 8.65. The Balaban J connectivity index is 2.15. The smallest absolute Gasteiger partial charge is 0.0933 e. The maximum Gasteiger partial charge on any atom is 0.0933 e. The van der Waals surface area contributed by atoms with Gasteiger partial charge >= 0.3 is 0 Å². The summed E-state index contributed by atoms with van der Waals surface area (Å²) in [4.78, 5) is 3.60. The standard InChI is InChI=1S/C12H19BrN2O2S/c1-8-7-17-9(6-16)5-15(8)10(4-14)11-2-3-12(13)18-11/h2-3,8-10,16H,4-7,14H2,1H3. The van der Waals surface area contributed by atoms with Crippen LogP contribution in [0.5, 0.6) is 0 Å². The van der Waals surface area contributed by atoms with E-state index in [1.807, 2.05) is 0 Å². The molecule has 0 aliphatic carbocycles. The Labute approximate surface area is 120 Å². The van der Waals surface area contributed by atoms with Crippen LogP contribution in [0.2, 0.25) is 0 Å². The highest BCUT2D eigenvalue weighted by atomic mass is 79.9. The molecule has 0 spiro atoms. The van der Waals surface area contributed by atoms with Gasteiger partial charge in [0.2, 0.25) is 0 Å². The number of aliphatic hydroxyl groups is 1. The summed E-state index contributed by atoms with van der Waals surface area (Å²) < 4.78 is 6.69. The van der Waals surface area contributed by atoms with Crippen molar-refractivity contribution in [3.05, 3.63) is 20.8 Å². The molecule has 0 amide bonds. The molecule has 1 aromatic heterocycles. The molecule has 0 bridgehead atoms. The van der Waals surface area contributed by atoms with Crippen molar-refractivity contribution in [3.63, 3.8) is 0 Å². The number of rotatable bonds is 4. The van der Waals surface area contributed by atoms with Gasteiger partial charge in [0.15, 0.2) is 0 Å². The van der Waals surface area contributed by atoms with Crippen LogP contribution in [0.15, 0.2) is 15.9 Å². The fourth-order valence-corrected chi connectivity index (χ4v) is 3.86. The lowest BCUT2D eigenvalue weighted by Crippen LogP contribution is -2.52. The average Bonchev–Trinajstić information content (AvgIpc) is 2.79. The van der Waals surface area contributed by atoms with E-state index in [0.717, 1.165) is 10.3 Å². The summed E-state index contributed by atoms with van der Waals surface area (Å²) in [5.74, 6) is 0. The SMILES string of the molecule is CC1COC(CO)CN1C(CN)c1ccc(Br)s1. The summed E-state index contributed by atoms with van der Waals surface area (Å²) in [7, 11) is 0. The third-order valence-electron chi connectivity index (χ3n) is 3.30. The van der Waals surface area contributed by atoms with E-state index in [4.69, 9.17) is 10.5 Å². The number of ether oxygens (including phenoxy) is 1. The third-order valence-corrected chi connectivity index (χ3v) is 5.03. The van der Waals surface area contributed by atoms with Crippen LogP contribution in [0.4, 0.5) is 0 Å². The minimum atomic E-state index is -0.0985. The highest BCUT2D eigenvalue weighted by molar-refractivity contribution is 9.11. The summed E-state index contributed by atoms with van der Waals surface area (Å²) in [5.41, 5.74) is 5.94. The Morgan fingerprint density at radius 1 is 1.67 bits per heavy atom. The molecule has 3 N–H and O–H groups in total. The van der Waals surface area contributed by atoms with E-state index in [9.17, 15) is 5.11 Å². The van der Waals surface area contributed by atoms with E-state index < -0.39 is 0 Å². The molecule has 0 aromatic carbocycles. The second kappa shape index (κ2) is 6.45. The number of thiophene rings is 1. The second-order valence-electron chi connectivity index (χ2n) is 4.58. The lowest BCUT2D eigenvalue weighted by atomic mass is 10.1. The van der Waals surface area contributed by atoms with Gasteiger partial charge in [-0.05, 0) is 35.0 Å². The van der Waals surface area contributed by atoms with Crippen LogP contribution in [-0.4, -0.2) is 48.5 Å². The van der Waals surface area contributed by atoms with Crippen LogP contribution >= 0.6 is 27.3 Å². The molecule has 0 radical (unpaired) electrons. The molecule has 18 heavy (non-hydrogen) atoms. The maximum absolute atomic E-state index is 9.24. The van der Waals surface area contributed by atoms with Gasteiger partial charge in [0, 0.05) is 24.0 Å². The van der Waals surface area contributed by atoms with E-state index in [1.54, 1.807) is 11.3 Å². The molecular weight excluding hydrogens is 316 g/mol. The molecule has 1 aromatic rings. The maximum atomic E-state index is 9.24. The van der Waals surface area contributed by atoms with Crippen molar-refractivity contribution in [2.24, 2.45) is 5.73 Å². The summed E-state index contributed by atoms with van der Waals surface area (Å²) in [6, 6.07) is 4.69. The van der Waals surface area contributed by atoms with Crippen LogP contribution in [0.1, 0.15) is 17.8 Å². The predicted octanol–water partition coefficient (Wildman–Crippen LogP) is 1.59. The molecule has 2 heterocycles. The number of nitrogens with zero attached hydrogens (tertiary/aromatic N) is 1. The highest BCUT2D eigenvalue weighted by Crippen LogP contribution is 2.32. The minimum absolute atomic E-state index is 0.0641. The normalized spacial score (nSPS) is 27.3. The monoisotopic (exact) mass is 334 g/mol. The lowest BCUT2D eigenvalue weighted by molar-refractivity contribution is -0.0903. The molecule has 6 heteroatoms. The van der Waals surface area contributed by atoms with E-state index in [2.05, 4.69) is 39.9 Å². The number of halogens is 1. The Kier molecular flexibility index (Phi) is 5.17. The molecule has 102 valence electrons. The lowest BCUT2D eigenvalue weighted by Gasteiger charge is -2.41. The zero-order valence-corrected chi connectivity index (χ0v) is 12.8. The number of hydrogen-bond donors (Lipinski definition) is 2. The molecule has 0 saturated carbocycles. The topological polar surface area (TPSA) is 58.7 Å². The largest absolute Gasteiger partial charge is 0.394 e. The molecule has 1 aliphatic rings. The first-order valence-electron chi connectivity index (χ1n) is 6.09. The Bertz CT molecular complexity index is 388. The molecule has 1 aliphatic heterocycles. The van der Waals surface area contributed by atoms with E-state index in [1.165, 1.54) is 4.88 Å². The zero-order chi connectivity index (χ0) is 13.1. The number of aliphatic hydroxyl groups excluding tert-OH is 1. The fourth-order valence-electron chi connectivity index (χ4n) is 2.31. The quantitative estimate of drug-likeness (QED) is 0.877. The van der Waals surface area contributed by atoms with Gasteiger partial charge in [-0.2, -0.15) is 0 Å². The molecule has 1 fully saturated rings. The summed E-state index contributed by atoms with van der Waals surface area (Å²) >= 11 is 5.21. The van der Waals surface area contributed by atoms with Crippen molar-refractivity contribution in [3.8, 4) is 0 Å². The van der Waals surface area contributed by atoms with Crippen molar-refractivity contribution in [2.45, 2.75) is 25.1 Å². The van der Waals surface area contributed by atoms with Crippen LogP contribution in [-0.2, 0) is 4.74 Å². The first-order valence-corrected chi connectivity index (χ1v) is 7.70. The minimum Gasteiger partial charge on any atom is -0.394 e. The fraction of sp³-hybridized carbons (Fsp3) is 0.667. The first kappa shape index (κ1) is 14.4. The van der Waals surface area contributed by atoms with Crippen LogP contribution in [0.25, 0.3) is 0 Å². The van der Waals surface area contributed by atoms with Crippen molar-refractivity contribution in [1.82, 2.24) is 4.90 Å². The van der Waals surface area contributed by atoms with Crippen molar-refractivity contribution < 1.29 is 9.84 Å². The van der Waals surface area contributed by atoms with Gasteiger partial charge in [-0.3, -0.25) is 4.90 Å². The van der Waals surface area contributed by atoms with Gasteiger partial charge in [-0.1, -0.05) is 0 Å². The summed E-state index contributed by atoms with van der Waals surface area (Å²) in [6.45, 7) is 4.16. The Hall–Kier alpha value is 0.0200. The number of morpholine rings is 1. The molecule has 3 atom stereocenters. The van der Waals surface area contributed by atoms with Gasteiger partial charge in [-0.15, -0.1) is 11.3 Å². The van der Waals surface area contributed by atoms with Gasteiger partial charge in [0.1, 0.15) is 0 Å². The zero-order valence-electron chi connectivity index (χ0n) is 10.4. The van der Waals surface area contributed by atoms with Crippen molar-refractivity contribution in [1.29, 1.82) is 0 Å². The molecule has 3 unspecified atom stereocenters.